The van der Waals surface area contributed by atoms with E-state index in [1.54, 1.807) is 6.07 Å². The molecular formula is C16H20F3N3O. The second-order valence-electron chi connectivity index (χ2n) is 6.13. The third-order valence-electron chi connectivity index (χ3n) is 4.55. The van der Waals surface area contributed by atoms with Gasteiger partial charge in [-0.2, -0.15) is 13.2 Å². The summed E-state index contributed by atoms with van der Waals surface area (Å²) in [7, 11) is 0. The number of carbonyl (C=O) groups is 1. The first-order valence-corrected chi connectivity index (χ1v) is 7.86. The van der Waals surface area contributed by atoms with Crippen molar-refractivity contribution in [2.75, 3.05) is 26.2 Å². The van der Waals surface area contributed by atoms with Crippen molar-refractivity contribution in [3.63, 3.8) is 0 Å². The second-order valence-corrected chi connectivity index (χ2v) is 6.13. The fraction of sp³-hybridized carbons (Fsp3) is 0.562. The van der Waals surface area contributed by atoms with Crippen molar-refractivity contribution in [1.82, 2.24) is 15.1 Å². The number of rotatable bonds is 3. The van der Waals surface area contributed by atoms with Crippen molar-refractivity contribution in [3.8, 4) is 0 Å². The highest BCUT2D eigenvalue weighted by Gasteiger charge is 2.32. The molecule has 0 bridgehead atoms. The van der Waals surface area contributed by atoms with Crippen LogP contribution in [0.25, 0.3) is 0 Å². The Labute approximate surface area is 133 Å². The standard InChI is InChI=1S/C16H20F3N3O/c17-16(18,19)13-3-1-2-12(10-13)11-21-7-4-14(5-8-21)22-9-6-20-15(22)23/h1-3,10,14H,4-9,11H2,(H,20,23). The molecule has 7 heteroatoms. The molecular weight excluding hydrogens is 307 g/mol. The molecule has 0 unspecified atom stereocenters. The molecule has 4 nitrogen and oxygen atoms in total. The predicted molar refractivity (Wildman–Crippen MR) is 79.8 cm³/mol. The first-order valence-electron chi connectivity index (χ1n) is 7.86. The summed E-state index contributed by atoms with van der Waals surface area (Å²) in [5, 5.41) is 2.81. The van der Waals surface area contributed by atoms with Gasteiger partial charge in [0.2, 0.25) is 0 Å². The number of amides is 2. The molecule has 2 aliphatic heterocycles. The van der Waals surface area contributed by atoms with Gasteiger partial charge in [-0.15, -0.1) is 0 Å². The molecule has 23 heavy (non-hydrogen) atoms. The van der Waals surface area contributed by atoms with Crippen molar-refractivity contribution in [2.24, 2.45) is 0 Å². The minimum atomic E-state index is -4.30. The SMILES string of the molecule is O=C1NCCN1C1CCN(Cc2cccc(C(F)(F)F)c2)CC1. The molecule has 0 atom stereocenters. The van der Waals surface area contributed by atoms with E-state index in [1.165, 1.54) is 12.1 Å². The van der Waals surface area contributed by atoms with E-state index in [9.17, 15) is 18.0 Å². The van der Waals surface area contributed by atoms with Crippen LogP contribution in [0.3, 0.4) is 0 Å². The zero-order valence-corrected chi connectivity index (χ0v) is 12.8. The highest BCUT2D eigenvalue weighted by atomic mass is 19.4. The molecule has 0 saturated carbocycles. The Hall–Kier alpha value is -1.76. The number of piperidine rings is 1. The zero-order valence-electron chi connectivity index (χ0n) is 12.8. The number of benzene rings is 1. The average molecular weight is 327 g/mol. The third kappa shape index (κ3) is 3.77. The number of alkyl halides is 3. The third-order valence-corrected chi connectivity index (χ3v) is 4.55. The number of likely N-dealkylation sites (tertiary alicyclic amines) is 1. The van der Waals surface area contributed by atoms with Crippen LogP contribution in [0, 0.1) is 0 Å². The summed E-state index contributed by atoms with van der Waals surface area (Å²) in [4.78, 5) is 15.7. The Balaban J connectivity index is 1.56. The Morgan fingerprint density at radius 2 is 1.91 bits per heavy atom. The van der Waals surface area contributed by atoms with Crippen LogP contribution in [0.15, 0.2) is 24.3 Å². The summed E-state index contributed by atoms with van der Waals surface area (Å²) in [5.74, 6) is 0. The van der Waals surface area contributed by atoms with Crippen LogP contribution in [0.1, 0.15) is 24.0 Å². The van der Waals surface area contributed by atoms with Crippen LogP contribution >= 0.6 is 0 Å². The molecule has 0 spiro atoms. The molecule has 0 aliphatic carbocycles. The van der Waals surface area contributed by atoms with Gasteiger partial charge < -0.3 is 10.2 Å². The van der Waals surface area contributed by atoms with Crippen molar-refractivity contribution in [2.45, 2.75) is 31.6 Å². The van der Waals surface area contributed by atoms with Gasteiger partial charge in [-0.3, -0.25) is 4.90 Å². The normalized spacial score (nSPS) is 20.8. The zero-order chi connectivity index (χ0) is 16.4. The van der Waals surface area contributed by atoms with E-state index in [-0.39, 0.29) is 12.1 Å². The monoisotopic (exact) mass is 327 g/mol. The van der Waals surface area contributed by atoms with Gasteiger partial charge in [-0.25, -0.2) is 4.79 Å². The lowest BCUT2D eigenvalue weighted by atomic mass is 10.0. The van der Waals surface area contributed by atoms with Gasteiger partial charge in [0.1, 0.15) is 0 Å². The second kappa shape index (κ2) is 6.39. The maximum Gasteiger partial charge on any atom is 0.416 e. The van der Waals surface area contributed by atoms with Gasteiger partial charge in [0.25, 0.3) is 0 Å². The number of halogens is 3. The van der Waals surface area contributed by atoms with E-state index in [2.05, 4.69) is 10.2 Å². The minimum absolute atomic E-state index is 0.00123. The van der Waals surface area contributed by atoms with Crippen LogP contribution in [0.2, 0.25) is 0 Å². The maximum atomic E-state index is 12.8. The van der Waals surface area contributed by atoms with Crippen LogP contribution in [0.5, 0.6) is 0 Å². The van der Waals surface area contributed by atoms with Gasteiger partial charge in [0.15, 0.2) is 0 Å². The Kier molecular flexibility index (Phi) is 4.48. The summed E-state index contributed by atoms with van der Waals surface area (Å²) in [5.41, 5.74) is 0.0795. The van der Waals surface area contributed by atoms with E-state index in [4.69, 9.17) is 0 Å². The molecule has 2 heterocycles. The molecule has 2 aliphatic rings. The van der Waals surface area contributed by atoms with E-state index in [0.717, 1.165) is 38.5 Å². The molecule has 2 fully saturated rings. The van der Waals surface area contributed by atoms with Crippen LogP contribution in [0.4, 0.5) is 18.0 Å². The topological polar surface area (TPSA) is 35.6 Å². The maximum absolute atomic E-state index is 12.8. The summed E-state index contributed by atoms with van der Waals surface area (Å²) >= 11 is 0. The number of nitrogens with zero attached hydrogens (tertiary/aromatic N) is 2. The van der Waals surface area contributed by atoms with Crippen LogP contribution in [-0.2, 0) is 12.7 Å². The van der Waals surface area contributed by atoms with Crippen LogP contribution < -0.4 is 5.32 Å². The predicted octanol–water partition coefficient (Wildman–Crippen LogP) is 2.70. The summed E-state index contributed by atoms with van der Waals surface area (Å²) in [6.07, 6.45) is -2.56. The van der Waals surface area contributed by atoms with Gasteiger partial charge in [-0.05, 0) is 24.5 Å². The molecule has 2 saturated heterocycles. The summed E-state index contributed by atoms with van der Waals surface area (Å²) in [6.45, 7) is 3.55. The first kappa shape index (κ1) is 16.1. The van der Waals surface area contributed by atoms with E-state index >= 15 is 0 Å². The molecule has 0 aromatic heterocycles. The average Bonchev–Trinajstić information content (AvgIpc) is 2.94. The molecule has 0 radical (unpaired) electrons. The summed E-state index contributed by atoms with van der Waals surface area (Å²) < 4.78 is 38.3. The van der Waals surface area contributed by atoms with E-state index in [1.807, 2.05) is 4.90 Å². The molecule has 1 aromatic carbocycles. The van der Waals surface area contributed by atoms with Crippen molar-refractivity contribution >= 4 is 6.03 Å². The fourth-order valence-corrected chi connectivity index (χ4v) is 3.33. The van der Waals surface area contributed by atoms with Gasteiger partial charge in [0.05, 0.1) is 5.56 Å². The fourth-order valence-electron chi connectivity index (χ4n) is 3.33. The van der Waals surface area contributed by atoms with Gasteiger partial charge in [0, 0.05) is 38.8 Å². The number of carbonyl (C=O) groups excluding carboxylic acids is 1. The van der Waals surface area contributed by atoms with Crippen molar-refractivity contribution in [3.05, 3.63) is 35.4 Å². The highest BCUT2D eigenvalue weighted by Crippen LogP contribution is 2.30. The van der Waals surface area contributed by atoms with Gasteiger partial charge in [-0.1, -0.05) is 18.2 Å². The number of hydrogen-bond acceptors (Lipinski definition) is 2. The van der Waals surface area contributed by atoms with E-state index < -0.39 is 11.7 Å². The quantitative estimate of drug-likeness (QED) is 0.926. The summed E-state index contributed by atoms with van der Waals surface area (Å²) in [6, 6.07) is 5.76. The Morgan fingerprint density at radius 3 is 2.52 bits per heavy atom. The van der Waals surface area contributed by atoms with Gasteiger partial charge >= 0.3 is 12.2 Å². The largest absolute Gasteiger partial charge is 0.416 e. The van der Waals surface area contributed by atoms with Crippen molar-refractivity contribution < 1.29 is 18.0 Å². The number of urea groups is 1. The van der Waals surface area contributed by atoms with Crippen molar-refractivity contribution in [1.29, 1.82) is 0 Å². The van der Waals surface area contributed by atoms with E-state index in [0.29, 0.717) is 18.7 Å². The number of hydrogen-bond donors (Lipinski definition) is 1. The minimum Gasteiger partial charge on any atom is -0.336 e. The number of nitrogens with one attached hydrogen (secondary N) is 1. The highest BCUT2D eigenvalue weighted by molar-refractivity contribution is 5.76. The molecule has 126 valence electrons. The molecule has 1 N–H and O–H groups in total. The Morgan fingerprint density at radius 1 is 1.17 bits per heavy atom. The molecule has 2 amide bonds. The molecule has 3 rings (SSSR count). The lowest BCUT2D eigenvalue weighted by Crippen LogP contribution is -2.45. The Bertz CT molecular complexity index is 568. The lowest BCUT2D eigenvalue weighted by Gasteiger charge is -2.36. The first-order chi connectivity index (χ1) is 10.9. The van der Waals surface area contributed by atoms with Crippen LogP contribution in [-0.4, -0.2) is 48.1 Å². The lowest BCUT2D eigenvalue weighted by molar-refractivity contribution is -0.137. The molecule has 1 aromatic rings. The smallest absolute Gasteiger partial charge is 0.336 e.